The van der Waals surface area contributed by atoms with Gasteiger partial charge in [-0.1, -0.05) is 23.4 Å². The van der Waals surface area contributed by atoms with E-state index in [1.165, 1.54) is 6.07 Å². The predicted octanol–water partition coefficient (Wildman–Crippen LogP) is 2.17. The highest BCUT2D eigenvalue weighted by molar-refractivity contribution is 5.97. The first-order valence-electron chi connectivity index (χ1n) is 6.51. The van der Waals surface area contributed by atoms with E-state index in [2.05, 4.69) is 15.5 Å². The Hall–Kier alpha value is -2.47. The predicted molar refractivity (Wildman–Crippen MR) is 78.4 cm³/mol. The second-order valence-electron chi connectivity index (χ2n) is 4.68. The summed E-state index contributed by atoms with van der Waals surface area (Å²) in [6, 6.07) is 8.36. The lowest BCUT2D eigenvalue weighted by Crippen LogP contribution is -2.19. The molecule has 4 N–H and O–H groups in total. The highest BCUT2D eigenvalue weighted by Gasteiger charge is 2.09. The van der Waals surface area contributed by atoms with Gasteiger partial charge in [-0.25, -0.2) is 4.39 Å². The van der Waals surface area contributed by atoms with E-state index in [1.807, 2.05) is 19.1 Å². The van der Waals surface area contributed by atoms with Crippen LogP contribution in [0.15, 0.2) is 47.9 Å². The molecule has 0 spiro atoms. The molecule has 0 aliphatic rings. The summed E-state index contributed by atoms with van der Waals surface area (Å²) in [4.78, 5) is 4.05. The van der Waals surface area contributed by atoms with Crippen LogP contribution in [0.2, 0.25) is 0 Å². The van der Waals surface area contributed by atoms with Crippen LogP contribution in [0.5, 0.6) is 0 Å². The Bertz CT molecular complexity index is 631. The first-order chi connectivity index (χ1) is 10.1. The number of hydrogen-bond donors (Lipinski definition) is 3. The van der Waals surface area contributed by atoms with Gasteiger partial charge in [0.1, 0.15) is 5.82 Å². The van der Waals surface area contributed by atoms with Crippen LogP contribution in [0.4, 0.5) is 4.39 Å². The fraction of sp³-hybridized carbons (Fsp3) is 0.200. The van der Waals surface area contributed by atoms with Crippen LogP contribution in [0.25, 0.3) is 0 Å². The van der Waals surface area contributed by atoms with Crippen molar-refractivity contribution < 1.29 is 9.60 Å². The standard InChI is InChI=1S/C15H17FN4O/c1-10(12-3-2-6-18-8-12)19-9-13-5-4-11(7-14(13)16)15(17)20-21/h2-8,10,19,21H,9H2,1H3,(H2,17,20). The number of hydrogen-bond acceptors (Lipinski definition) is 4. The Balaban J connectivity index is 2.04. The third kappa shape index (κ3) is 3.76. The summed E-state index contributed by atoms with van der Waals surface area (Å²) < 4.78 is 14.0. The van der Waals surface area contributed by atoms with Gasteiger partial charge in [0.05, 0.1) is 0 Å². The number of nitrogens with one attached hydrogen (secondary N) is 1. The highest BCUT2D eigenvalue weighted by Crippen LogP contribution is 2.14. The monoisotopic (exact) mass is 288 g/mol. The third-order valence-corrected chi connectivity index (χ3v) is 3.24. The second kappa shape index (κ2) is 6.81. The molecule has 21 heavy (non-hydrogen) atoms. The molecule has 6 heteroatoms. The molecular formula is C15H17FN4O. The summed E-state index contributed by atoms with van der Waals surface area (Å²) in [5, 5.41) is 14.6. The van der Waals surface area contributed by atoms with E-state index in [9.17, 15) is 4.39 Å². The molecule has 0 bridgehead atoms. The van der Waals surface area contributed by atoms with Crippen molar-refractivity contribution in [2.24, 2.45) is 10.9 Å². The smallest absolute Gasteiger partial charge is 0.170 e. The van der Waals surface area contributed by atoms with Crippen LogP contribution in [-0.2, 0) is 6.54 Å². The van der Waals surface area contributed by atoms with E-state index in [1.54, 1.807) is 24.5 Å². The molecule has 0 radical (unpaired) electrons. The van der Waals surface area contributed by atoms with Crippen molar-refractivity contribution in [2.45, 2.75) is 19.5 Å². The molecule has 0 amide bonds. The maximum absolute atomic E-state index is 14.0. The van der Waals surface area contributed by atoms with Crippen molar-refractivity contribution in [3.63, 3.8) is 0 Å². The minimum Gasteiger partial charge on any atom is -0.409 e. The third-order valence-electron chi connectivity index (χ3n) is 3.24. The second-order valence-corrected chi connectivity index (χ2v) is 4.68. The van der Waals surface area contributed by atoms with Gasteiger partial charge in [-0.2, -0.15) is 0 Å². The molecule has 0 saturated heterocycles. The van der Waals surface area contributed by atoms with Gasteiger partial charge in [0.15, 0.2) is 5.84 Å². The van der Waals surface area contributed by atoms with Gasteiger partial charge in [0.25, 0.3) is 0 Å². The summed E-state index contributed by atoms with van der Waals surface area (Å²) in [5.74, 6) is -0.512. The zero-order valence-corrected chi connectivity index (χ0v) is 11.6. The van der Waals surface area contributed by atoms with E-state index in [-0.39, 0.29) is 11.9 Å². The molecule has 110 valence electrons. The quantitative estimate of drug-likeness (QED) is 0.341. The van der Waals surface area contributed by atoms with E-state index < -0.39 is 5.82 Å². The Labute approximate surface area is 122 Å². The van der Waals surface area contributed by atoms with Crippen molar-refractivity contribution in [3.8, 4) is 0 Å². The number of oxime groups is 1. The zero-order chi connectivity index (χ0) is 15.2. The first-order valence-corrected chi connectivity index (χ1v) is 6.51. The van der Waals surface area contributed by atoms with Crippen LogP contribution in [0.3, 0.4) is 0 Å². The molecule has 0 aliphatic carbocycles. The lowest BCUT2D eigenvalue weighted by Gasteiger charge is -2.14. The first kappa shape index (κ1) is 14.9. The van der Waals surface area contributed by atoms with E-state index in [4.69, 9.17) is 10.9 Å². The number of nitrogens with two attached hydrogens (primary N) is 1. The Kier molecular flexibility index (Phi) is 4.84. The average molecular weight is 288 g/mol. The fourth-order valence-corrected chi connectivity index (χ4v) is 1.92. The molecule has 0 saturated carbocycles. The molecule has 1 unspecified atom stereocenters. The number of benzene rings is 1. The molecular weight excluding hydrogens is 271 g/mol. The zero-order valence-electron chi connectivity index (χ0n) is 11.6. The van der Waals surface area contributed by atoms with Crippen LogP contribution in [0, 0.1) is 5.82 Å². The number of aromatic nitrogens is 1. The van der Waals surface area contributed by atoms with Gasteiger partial charge >= 0.3 is 0 Å². The largest absolute Gasteiger partial charge is 0.409 e. The maximum atomic E-state index is 14.0. The topological polar surface area (TPSA) is 83.5 Å². The van der Waals surface area contributed by atoms with Crippen molar-refractivity contribution in [1.82, 2.24) is 10.3 Å². The fourth-order valence-electron chi connectivity index (χ4n) is 1.92. The maximum Gasteiger partial charge on any atom is 0.170 e. The van der Waals surface area contributed by atoms with Crippen molar-refractivity contribution >= 4 is 5.84 Å². The van der Waals surface area contributed by atoms with Crippen LogP contribution >= 0.6 is 0 Å². The molecule has 1 heterocycles. The number of nitrogens with zero attached hydrogens (tertiary/aromatic N) is 2. The van der Waals surface area contributed by atoms with E-state index in [0.29, 0.717) is 17.7 Å². The Morgan fingerprint density at radius 3 is 2.90 bits per heavy atom. The molecule has 2 rings (SSSR count). The average Bonchev–Trinajstić information content (AvgIpc) is 2.53. The summed E-state index contributed by atoms with van der Waals surface area (Å²) in [6.07, 6.45) is 3.48. The number of rotatable bonds is 5. The van der Waals surface area contributed by atoms with Gasteiger partial charge in [-0.3, -0.25) is 4.98 Å². The Morgan fingerprint density at radius 1 is 1.48 bits per heavy atom. The minimum atomic E-state index is -0.398. The number of pyridine rings is 1. The summed E-state index contributed by atoms with van der Waals surface area (Å²) in [6.45, 7) is 2.36. The van der Waals surface area contributed by atoms with Crippen molar-refractivity contribution in [3.05, 3.63) is 65.2 Å². The highest BCUT2D eigenvalue weighted by atomic mass is 19.1. The lowest BCUT2D eigenvalue weighted by atomic mass is 10.1. The van der Waals surface area contributed by atoms with Gasteiger partial charge in [0.2, 0.25) is 0 Å². The SMILES string of the molecule is CC(NCc1ccc(C(N)=NO)cc1F)c1cccnc1. The summed E-state index contributed by atoms with van der Waals surface area (Å²) in [5.41, 5.74) is 7.32. The molecule has 1 aromatic carbocycles. The normalized spacial score (nSPS) is 13.1. The van der Waals surface area contributed by atoms with Crippen molar-refractivity contribution in [2.75, 3.05) is 0 Å². The molecule has 1 atom stereocenters. The summed E-state index contributed by atoms with van der Waals surface area (Å²) in [7, 11) is 0. The summed E-state index contributed by atoms with van der Waals surface area (Å²) >= 11 is 0. The molecule has 1 aromatic heterocycles. The van der Waals surface area contributed by atoms with Gasteiger partial charge in [0, 0.05) is 36.1 Å². The van der Waals surface area contributed by atoms with Crippen molar-refractivity contribution in [1.29, 1.82) is 0 Å². The number of halogens is 1. The lowest BCUT2D eigenvalue weighted by molar-refractivity contribution is 0.318. The van der Waals surface area contributed by atoms with Crippen LogP contribution < -0.4 is 11.1 Å². The van der Waals surface area contributed by atoms with E-state index >= 15 is 0 Å². The van der Waals surface area contributed by atoms with Gasteiger partial charge in [-0.15, -0.1) is 0 Å². The molecule has 5 nitrogen and oxygen atoms in total. The molecule has 0 fully saturated rings. The molecule has 0 aliphatic heterocycles. The van der Waals surface area contributed by atoms with E-state index in [0.717, 1.165) is 5.56 Å². The number of amidine groups is 1. The Morgan fingerprint density at radius 2 is 2.29 bits per heavy atom. The van der Waals surface area contributed by atoms with Crippen LogP contribution in [-0.4, -0.2) is 16.0 Å². The van der Waals surface area contributed by atoms with Gasteiger partial charge < -0.3 is 16.3 Å². The molecule has 2 aromatic rings. The van der Waals surface area contributed by atoms with Crippen LogP contribution in [0.1, 0.15) is 29.7 Å². The minimum absolute atomic E-state index is 0.0573. The van der Waals surface area contributed by atoms with Gasteiger partial charge in [-0.05, 0) is 24.6 Å².